The van der Waals surface area contributed by atoms with Crippen LogP contribution >= 0.6 is 15.9 Å². The monoisotopic (exact) mass is 443 g/mol. The van der Waals surface area contributed by atoms with Crippen LogP contribution in [0.5, 0.6) is 0 Å². The van der Waals surface area contributed by atoms with Crippen molar-refractivity contribution in [2.24, 2.45) is 0 Å². The number of hydrogen-bond donors (Lipinski definition) is 1. The van der Waals surface area contributed by atoms with Gasteiger partial charge in [-0.2, -0.15) is 0 Å². The molecule has 1 saturated carbocycles. The molecule has 0 radical (unpaired) electrons. The minimum atomic E-state index is -0.694. The number of furan rings is 1. The van der Waals surface area contributed by atoms with Crippen LogP contribution in [0.1, 0.15) is 54.4 Å². The highest BCUT2D eigenvalue weighted by molar-refractivity contribution is 9.10. The zero-order valence-electron chi connectivity index (χ0n) is 15.9. The van der Waals surface area contributed by atoms with E-state index in [9.17, 15) is 14.7 Å². The van der Waals surface area contributed by atoms with Crippen LogP contribution in [0.3, 0.4) is 0 Å². The Morgan fingerprint density at radius 2 is 1.86 bits per heavy atom. The molecule has 2 aliphatic rings. The third kappa shape index (κ3) is 3.09. The first-order chi connectivity index (χ1) is 13.4. The molecule has 2 heterocycles. The van der Waals surface area contributed by atoms with Crippen LogP contribution in [0.25, 0.3) is 5.76 Å². The van der Waals surface area contributed by atoms with Crippen molar-refractivity contribution in [1.29, 1.82) is 0 Å². The molecule has 6 heteroatoms. The standard InChI is InChI=1S/C22H22BrNO4/c1-12-11-14(8-9-16(12)23)20(25)18-19(17-10-7-13(2)28-17)24(22(27)21(18)26)15-5-3-4-6-15/h7-11,15,19,25H,3-6H2,1-2H3/b20-18-. The number of aryl methyl sites for hydroxylation is 2. The Kier molecular flexibility index (Phi) is 4.91. The fourth-order valence-electron chi connectivity index (χ4n) is 4.24. The molecule has 1 aromatic heterocycles. The Balaban J connectivity index is 1.88. The van der Waals surface area contributed by atoms with Crippen LogP contribution in [0.4, 0.5) is 0 Å². The molecule has 146 valence electrons. The number of aliphatic hydroxyl groups is 1. The topological polar surface area (TPSA) is 70.8 Å². The van der Waals surface area contributed by atoms with E-state index in [1.165, 1.54) is 0 Å². The van der Waals surface area contributed by atoms with E-state index in [1.54, 1.807) is 23.1 Å². The summed E-state index contributed by atoms with van der Waals surface area (Å²) < 4.78 is 6.72. The van der Waals surface area contributed by atoms with Crippen LogP contribution in [0.2, 0.25) is 0 Å². The normalized spacial score (nSPS) is 22.4. The molecule has 2 aromatic rings. The number of rotatable bonds is 3. The number of aliphatic hydroxyl groups excluding tert-OH is 1. The van der Waals surface area contributed by atoms with E-state index in [-0.39, 0.29) is 17.4 Å². The Morgan fingerprint density at radius 1 is 1.14 bits per heavy atom. The van der Waals surface area contributed by atoms with Gasteiger partial charge in [0, 0.05) is 16.1 Å². The summed E-state index contributed by atoms with van der Waals surface area (Å²) in [5.41, 5.74) is 1.55. The average Bonchev–Trinajstić information content (AvgIpc) is 3.38. The zero-order chi connectivity index (χ0) is 20.0. The van der Waals surface area contributed by atoms with Gasteiger partial charge < -0.3 is 14.4 Å². The lowest BCUT2D eigenvalue weighted by Gasteiger charge is -2.29. The number of carbonyl (C=O) groups is 2. The summed E-state index contributed by atoms with van der Waals surface area (Å²) in [6.45, 7) is 3.73. The highest BCUT2D eigenvalue weighted by atomic mass is 79.9. The summed E-state index contributed by atoms with van der Waals surface area (Å²) in [4.78, 5) is 27.5. The molecule has 1 saturated heterocycles. The highest BCUT2D eigenvalue weighted by Gasteiger charge is 2.50. The van der Waals surface area contributed by atoms with E-state index in [1.807, 2.05) is 26.0 Å². The minimum absolute atomic E-state index is 0.0104. The largest absolute Gasteiger partial charge is 0.507 e. The van der Waals surface area contributed by atoms with Gasteiger partial charge in [-0.15, -0.1) is 0 Å². The zero-order valence-corrected chi connectivity index (χ0v) is 17.5. The number of nitrogens with zero attached hydrogens (tertiary/aromatic N) is 1. The lowest BCUT2D eigenvalue weighted by atomic mass is 9.98. The number of hydrogen-bond acceptors (Lipinski definition) is 4. The van der Waals surface area contributed by atoms with E-state index >= 15 is 0 Å². The number of benzene rings is 1. The summed E-state index contributed by atoms with van der Waals surface area (Å²) in [6, 6.07) is 8.25. The fourth-order valence-corrected chi connectivity index (χ4v) is 4.48. The predicted octanol–water partition coefficient (Wildman–Crippen LogP) is 5.02. The average molecular weight is 444 g/mol. The molecular weight excluding hydrogens is 422 g/mol. The molecular formula is C22H22BrNO4. The maximum Gasteiger partial charge on any atom is 0.296 e. The molecule has 1 aliphatic heterocycles. The van der Waals surface area contributed by atoms with Gasteiger partial charge in [0.15, 0.2) is 0 Å². The summed E-state index contributed by atoms with van der Waals surface area (Å²) in [6.07, 6.45) is 3.79. The molecule has 4 rings (SSSR count). The number of halogens is 1. The third-order valence-electron chi connectivity index (χ3n) is 5.66. The molecule has 28 heavy (non-hydrogen) atoms. The molecule has 1 N–H and O–H groups in total. The van der Waals surface area contributed by atoms with Gasteiger partial charge in [-0.05, 0) is 56.5 Å². The van der Waals surface area contributed by atoms with Crippen LogP contribution < -0.4 is 0 Å². The third-order valence-corrected chi connectivity index (χ3v) is 6.55. The number of likely N-dealkylation sites (tertiary alicyclic amines) is 1. The van der Waals surface area contributed by atoms with Gasteiger partial charge in [-0.3, -0.25) is 9.59 Å². The number of ketones is 1. The molecule has 0 bridgehead atoms. The maximum atomic E-state index is 13.0. The van der Waals surface area contributed by atoms with E-state index in [4.69, 9.17) is 4.42 Å². The second kappa shape index (κ2) is 7.24. The second-order valence-corrected chi connectivity index (χ2v) is 8.41. The van der Waals surface area contributed by atoms with Crippen molar-refractivity contribution < 1.29 is 19.1 Å². The number of amides is 1. The molecule has 2 fully saturated rings. The van der Waals surface area contributed by atoms with Gasteiger partial charge in [0.25, 0.3) is 11.7 Å². The Hall–Kier alpha value is -2.34. The van der Waals surface area contributed by atoms with Crippen LogP contribution in [0, 0.1) is 13.8 Å². The minimum Gasteiger partial charge on any atom is -0.507 e. The van der Waals surface area contributed by atoms with Crippen molar-refractivity contribution in [1.82, 2.24) is 4.90 Å². The first kappa shape index (κ1) is 19.0. The summed E-state index contributed by atoms with van der Waals surface area (Å²) in [5.74, 6) is -0.149. The van der Waals surface area contributed by atoms with Gasteiger partial charge in [-0.25, -0.2) is 0 Å². The quantitative estimate of drug-likeness (QED) is 0.410. The van der Waals surface area contributed by atoms with Crippen molar-refractivity contribution in [3.63, 3.8) is 0 Å². The first-order valence-corrected chi connectivity index (χ1v) is 10.3. The Morgan fingerprint density at radius 3 is 2.46 bits per heavy atom. The SMILES string of the molecule is Cc1ccc(C2/C(=C(/O)c3ccc(Br)c(C)c3)C(=O)C(=O)N2C2CCCC2)o1. The van der Waals surface area contributed by atoms with Gasteiger partial charge in [-0.1, -0.05) is 34.8 Å². The van der Waals surface area contributed by atoms with E-state index in [0.29, 0.717) is 17.1 Å². The van der Waals surface area contributed by atoms with Crippen molar-refractivity contribution in [2.75, 3.05) is 0 Å². The van der Waals surface area contributed by atoms with Gasteiger partial charge in [0.1, 0.15) is 23.3 Å². The Bertz CT molecular complexity index is 984. The van der Waals surface area contributed by atoms with Crippen LogP contribution in [-0.2, 0) is 9.59 Å². The molecule has 1 aliphatic carbocycles. The highest BCUT2D eigenvalue weighted by Crippen LogP contribution is 2.44. The van der Waals surface area contributed by atoms with Gasteiger partial charge in [0.05, 0.1) is 5.57 Å². The van der Waals surface area contributed by atoms with Crippen molar-refractivity contribution in [3.05, 3.63) is 63.0 Å². The number of carbonyl (C=O) groups excluding carboxylic acids is 2. The second-order valence-electron chi connectivity index (χ2n) is 7.56. The molecule has 1 amide bonds. The van der Waals surface area contributed by atoms with E-state index in [0.717, 1.165) is 35.7 Å². The van der Waals surface area contributed by atoms with Crippen molar-refractivity contribution in [3.8, 4) is 0 Å². The van der Waals surface area contributed by atoms with Crippen molar-refractivity contribution in [2.45, 2.75) is 51.6 Å². The van der Waals surface area contributed by atoms with E-state index in [2.05, 4.69) is 15.9 Å². The molecule has 1 aromatic carbocycles. The summed E-state index contributed by atoms with van der Waals surface area (Å²) >= 11 is 3.45. The van der Waals surface area contributed by atoms with Crippen LogP contribution in [0.15, 0.2) is 44.8 Å². The summed E-state index contributed by atoms with van der Waals surface area (Å²) in [5, 5.41) is 11.0. The summed E-state index contributed by atoms with van der Waals surface area (Å²) in [7, 11) is 0. The Labute approximate surface area is 172 Å². The smallest absolute Gasteiger partial charge is 0.296 e. The first-order valence-electron chi connectivity index (χ1n) is 9.51. The molecule has 1 unspecified atom stereocenters. The molecule has 5 nitrogen and oxygen atoms in total. The lowest BCUT2D eigenvalue weighted by molar-refractivity contribution is -0.141. The molecule has 1 atom stereocenters. The lowest BCUT2D eigenvalue weighted by Crippen LogP contribution is -2.37. The predicted molar refractivity (Wildman–Crippen MR) is 109 cm³/mol. The van der Waals surface area contributed by atoms with Gasteiger partial charge in [0.2, 0.25) is 0 Å². The van der Waals surface area contributed by atoms with Crippen molar-refractivity contribution >= 4 is 33.4 Å². The molecule has 0 spiro atoms. The fraction of sp³-hybridized carbons (Fsp3) is 0.364. The van der Waals surface area contributed by atoms with Gasteiger partial charge >= 0.3 is 0 Å². The van der Waals surface area contributed by atoms with E-state index < -0.39 is 17.7 Å². The maximum absolute atomic E-state index is 13.0. The number of Topliss-reactive ketones (excluding diaryl/α,β-unsaturated/α-hetero) is 1. The van der Waals surface area contributed by atoms with Crippen LogP contribution in [-0.4, -0.2) is 27.7 Å².